The molecule has 1 aliphatic rings. The van der Waals surface area contributed by atoms with E-state index in [4.69, 9.17) is 21.3 Å². The number of hydrogen-bond acceptors (Lipinski definition) is 10. The normalized spacial score (nSPS) is 13.1. The van der Waals surface area contributed by atoms with Crippen molar-refractivity contribution in [3.63, 3.8) is 0 Å². The number of tetrazole rings is 1. The molecule has 1 amide bonds. The molecule has 10 nitrogen and oxygen atoms in total. The number of hydrogen-bond donors (Lipinski definition) is 2. The van der Waals surface area contributed by atoms with E-state index in [1.165, 1.54) is 30.7 Å². The maximum absolute atomic E-state index is 13.4. The van der Waals surface area contributed by atoms with Gasteiger partial charge in [0.15, 0.2) is 16.4 Å². The molecule has 232 valence electrons. The SMILES string of the molecule is O=C(Nc1cc(CCCS(=O)(=O)c2ccc(Cl)cc2)ccc1OCc1nn[nH]n1)c1cccc(SCc2nc(C3CC3)cs2)c1. The summed E-state index contributed by atoms with van der Waals surface area (Å²) in [5.41, 5.74) is 3.00. The number of aromatic nitrogens is 5. The van der Waals surface area contributed by atoms with Gasteiger partial charge in [-0.15, -0.1) is 33.3 Å². The third kappa shape index (κ3) is 8.48. The molecule has 0 saturated heterocycles. The first-order valence-corrected chi connectivity index (χ1v) is 18.2. The van der Waals surface area contributed by atoms with Crippen LogP contribution >= 0.6 is 34.7 Å². The van der Waals surface area contributed by atoms with Crippen molar-refractivity contribution in [3.05, 3.63) is 105 Å². The van der Waals surface area contributed by atoms with Crippen molar-refractivity contribution in [1.29, 1.82) is 0 Å². The molecule has 6 rings (SSSR count). The second-order valence-electron chi connectivity index (χ2n) is 10.5. The molecule has 1 saturated carbocycles. The number of thioether (sulfide) groups is 1. The summed E-state index contributed by atoms with van der Waals surface area (Å²) in [5, 5.41) is 20.5. The minimum atomic E-state index is -3.46. The lowest BCUT2D eigenvalue weighted by Gasteiger charge is -2.14. The van der Waals surface area contributed by atoms with E-state index in [0.29, 0.717) is 46.6 Å². The van der Waals surface area contributed by atoms with Crippen molar-refractivity contribution in [2.24, 2.45) is 0 Å². The molecular weight excluding hydrogens is 652 g/mol. The number of sulfone groups is 1. The molecule has 0 spiro atoms. The minimum absolute atomic E-state index is 0.0280. The number of benzene rings is 3. The topological polar surface area (TPSA) is 140 Å². The zero-order valence-electron chi connectivity index (χ0n) is 24.0. The summed E-state index contributed by atoms with van der Waals surface area (Å²) >= 11 is 9.23. The number of aryl methyl sites for hydroxylation is 1. The van der Waals surface area contributed by atoms with Crippen LogP contribution in [0.2, 0.25) is 5.02 Å². The van der Waals surface area contributed by atoms with E-state index < -0.39 is 9.84 Å². The van der Waals surface area contributed by atoms with Gasteiger partial charge in [0, 0.05) is 26.8 Å². The molecule has 0 unspecified atom stereocenters. The van der Waals surface area contributed by atoms with Crippen LogP contribution in [0.4, 0.5) is 5.69 Å². The number of amides is 1. The summed E-state index contributed by atoms with van der Waals surface area (Å²) in [6.07, 6.45) is 3.33. The number of H-pyrrole nitrogens is 1. The highest BCUT2D eigenvalue weighted by Gasteiger charge is 2.26. The first-order chi connectivity index (χ1) is 21.8. The van der Waals surface area contributed by atoms with Gasteiger partial charge >= 0.3 is 0 Å². The fourth-order valence-corrected chi connectivity index (χ4v) is 7.88. The molecule has 0 bridgehead atoms. The first kappa shape index (κ1) is 31.2. The predicted molar refractivity (Wildman–Crippen MR) is 175 cm³/mol. The van der Waals surface area contributed by atoms with E-state index in [1.54, 1.807) is 53.4 Å². The van der Waals surface area contributed by atoms with Gasteiger partial charge in [0.25, 0.3) is 5.91 Å². The Bertz CT molecular complexity index is 1880. The Morgan fingerprint density at radius 1 is 1.11 bits per heavy atom. The number of carbonyl (C=O) groups excluding carboxylic acids is 1. The van der Waals surface area contributed by atoms with Crippen LogP contribution in [0.25, 0.3) is 0 Å². The standard InChI is InChI=1S/C31H29ClN6O4S3/c32-23-9-11-25(12-10-23)45(40,41)14-2-3-20-6-13-28(42-17-29-35-37-38-36-29)26(15-20)34-31(39)22-4-1-5-24(16-22)43-19-30-33-27(18-44-30)21-7-8-21/h1,4-6,9-13,15-16,18,21H,2-3,7-8,14,17,19H2,(H,34,39)(H,35,36,37,38). The van der Waals surface area contributed by atoms with Crippen molar-refractivity contribution >= 4 is 56.1 Å². The molecule has 14 heteroatoms. The van der Waals surface area contributed by atoms with Crippen molar-refractivity contribution in [3.8, 4) is 5.75 Å². The third-order valence-electron chi connectivity index (χ3n) is 7.11. The predicted octanol–water partition coefficient (Wildman–Crippen LogP) is 6.72. The largest absolute Gasteiger partial charge is 0.483 e. The molecular formula is C31H29ClN6O4S3. The number of ether oxygens (including phenoxy) is 1. The molecule has 2 aromatic heterocycles. The molecule has 2 N–H and O–H groups in total. The molecule has 0 aliphatic heterocycles. The van der Waals surface area contributed by atoms with Gasteiger partial charge in [0.2, 0.25) is 5.82 Å². The van der Waals surface area contributed by atoms with E-state index in [9.17, 15) is 13.2 Å². The lowest BCUT2D eigenvalue weighted by molar-refractivity contribution is 0.102. The summed E-state index contributed by atoms with van der Waals surface area (Å²) in [6.45, 7) is 0.0450. The Balaban J connectivity index is 1.13. The number of nitrogens with one attached hydrogen (secondary N) is 2. The van der Waals surface area contributed by atoms with Crippen molar-refractivity contribution < 1.29 is 17.9 Å². The molecule has 0 radical (unpaired) electrons. The fourth-order valence-electron chi connectivity index (χ4n) is 4.59. The summed E-state index contributed by atoms with van der Waals surface area (Å²) in [5.74, 6) is 1.83. The molecule has 5 aromatic rings. The van der Waals surface area contributed by atoms with Gasteiger partial charge < -0.3 is 10.1 Å². The minimum Gasteiger partial charge on any atom is -0.483 e. The second kappa shape index (κ2) is 14.1. The van der Waals surface area contributed by atoms with Crippen LogP contribution in [0.15, 0.2) is 81.9 Å². The van der Waals surface area contributed by atoms with E-state index in [1.807, 2.05) is 24.3 Å². The van der Waals surface area contributed by atoms with Gasteiger partial charge in [-0.2, -0.15) is 5.21 Å². The summed E-state index contributed by atoms with van der Waals surface area (Å²) < 4.78 is 31.5. The summed E-state index contributed by atoms with van der Waals surface area (Å²) in [7, 11) is -3.46. The average Bonchev–Trinajstić information content (AvgIpc) is 3.54. The number of thiazole rings is 1. The summed E-state index contributed by atoms with van der Waals surface area (Å²) in [4.78, 5) is 19.4. The number of aromatic amines is 1. The van der Waals surface area contributed by atoms with Crippen molar-refractivity contribution in [1.82, 2.24) is 25.6 Å². The van der Waals surface area contributed by atoms with Crippen LogP contribution in [-0.4, -0.2) is 45.7 Å². The molecule has 3 aromatic carbocycles. The average molecular weight is 681 g/mol. The zero-order valence-corrected chi connectivity index (χ0v) is 27.2. The highest BCUT2D eigenvalue weighted by atomic mass is 35.5. The number of anilines is 1. The Kier molecular flexibility index (Phi) is 9.79. The smallest absolute Gasteiger partial charge is 0.255 e. The van der Waals surface area contributed by atoms with E-state index in [-0.39, 0.29) is 23.2 Å². The van der Waals surface area contributed by atoms with Crippen LogP contribution in [0.1, 0.15) is 57.6 Å². The van der Waals surface area contributed by atoms with Gasteiger partial charge in [-0.05, 0) is 85.8 Å². The number of halogens is 1. The van der Waals surface area contributed by atoms with Gasteiger partial charge in [-0.1, -0.05) is 28.9 Å². The van der Waals surface area contributed by atoms with E-state index in [0.717, 1.165) is 21.2 Å². The molecule has 2 heterocycles. The lowest BCUT2D eigenvalue weighted by atomic mass is 10.1. The maximum atomic E-state index is 13.4. The van der Waals surface area contributed by atoms with Gasteiger partial charge in [0.1, 0.15) is 10.8 Å². The number of rotatable bonds is 14. The highest BCUT2D eigenvalue weighted by Crippen LogP contribution is 2.40. The monoisotopic (exact) mass is 680 g/mol. The summed E-state index contributed by atoms with van der Waals surface area (Å²) in [6, 6.07) is 19.0. The van der Waals surface area contributed by atoms with Crippen LogP contribution < -0.4 is 10.1 Å². The van der Waals surface area contributed by atoms with Gasteiger partial charge in [-0.3, -0.25) is 4.79 Å². The molecule has 0 atom stereocenters. The second-order valence-corrected chi connectivity index (χ2v) is 15.1. The zero-order chi connectivity index (χ0) is 31.2. The third-order valence-corrected chi connectivity index (χ3v) is 11.2. The first-order valence-electron chi connectivity index (χ1n) is 14.3. The molecule has 45 heavy (non-hydrogen) atoms. The molecule has 1 fully saturated rings. The van der Waals surface area contributed by atoms with Crippen LogP contribution in [0, 0.1) is 0 Å². The Morgan fingerprint density at radius 2 is 1.96 bits per heavy atom. The Labute approximate surface area is 273 Å². The highest BCUT2D eigenvalue weighted by molar-refractivity contribution is 7.98. The quantitative estimate of drug-likeness (QED) is 0.122. The number of carbonyl (C=O) groups is 1. The van der Waals surface area contributed by atoms with Gasteiger partial charge in [0.05, 0.1) is 27.8 Å². The van der Waals surface area contributed by atoms with E-state index >= 15 is 0 Å². The Morgan fingerprint density at radius 3 is 2.73 bits per heavy atom. The fraction of sp³-hybridized carbons (Fsp3) is 0.258. The van der Waals surface area contributed by atoms with Gasteiger partial charge in [-0.25, -0.2) is 13.4 Å². The lowest BCUT2D eigenvalue weighted by Crippen LogP contribution is -2.13. The number of nitrogens with zero attached hydrogens (tertiary/aromatic N) is 4. The van der Waals surface area contributed by atoms with Crippen LogP contribution in [0.5, 0.6) is 5.75 Å². The maximum Gasteiger partial charge on any atom is 0.255 e. The van der Waals surface area contributed by atoms with Crippen LogP contribution in [0.3, 0.4) is 0 Å². The van der Waals surface area contributed by atoms with Crippen LogP contribution in [-0.2, 0) is 28.6 Å². The van der Waals surface area contributed by atoms with Crippen molar-refractivity contribution in [2.45, 2.75) is 53.8 Å². The van der Waals surface area contributed by atoms with Crippen molar-refractivity contribution in [2.75, 3.05) is 11.1 Å². The molecule has 1 aliphatic carbocycles. The Hall–Kier alpha value is -3.78. The van der Waals surface area contributed by atoms with E-state index in [2.05, 4.69) is 31.3 Å².